The third-order valence-electron chi connectivity index (χ3n) is 3.54. The largest absolute Gasteiger partial charge is 0.492 e. The van der Waals surface area contributed by atoms with Crippen molar-refractivity contribution in [3.05, 3.63) is 24.3 Å². The number of hydrogen-bond acceptors (Lipinski definition) is 3. The number of ketones is 1. The van der Waals surface area contributed by atoms with Gasteiger partial charge in [0.2, 0.25) is 0 Å². The summed E-state index contributed by atoms with van der Waals surface area (Å²) in [5, 5.41) is 0. The van der Waals surface area contributed by atoms with Gasteiger partial charge >= 0.3 is 0 Å². The Bertz CT molecular complexity index is 440. The summed E-state index contributed by atoms with van der Waals surface area (Å²) in [6, 6.07) is 7.96. The predicted molar refractivity (Wildman–Crippen MR) is 73.3 cm³/mol. The number of piperidine rings is 1. The molecule has 0 atom stereocenters. The lowest BCUT2D eigenvalue weighted by molar-refractivity contribution is -0.119. The zero-order chi connectivity index (χ0) is 13.2. The van der Waals surface area contributed by atoms with Crippen molar-refractivity contribution in [1.29, 1.82) is 0 Å². The van der Waals surface area contributed by atoms with Gasteiger partial charge in [0.1, 0.15) is 5.75 Å². The Morgan fingerprint density at radius 1 is 1.33 bits per heavy atom. The van der Waals surface area contributed by atoms with Gasteiger partial charge in [0.25, 0.3) is 0 Å². The molecule has 1 aromatic rings. The molecule has 0 bridgehead atoms. The SMILES string of the molecule is CCOc1ccccc1N1CC(=O)CCC1(C)C. The van der Waals surface area contributed by atoms with Crippen molar-refractivity contribution >= 4 is 11.5 Å². The first kappa shape index (κ1) is 12.9. The van der Waals surface area contributed by atoms with Crippen LogP contribution in [0.1, 0.15) is 33.6 Å². The summed E-state index contributed by atoms with van der Waals surface area (Å²) in [5.41, 5.74) is 1.03. The second kappa shape index (κ2) is 5.01. The number of anilines is 1. The molecule has 1 aliphatic rings. The van der Waals surface area contributed by atoms with E-state index < -0.39 is 0 Å². The second-order valence-electron chi connectivity index (χ2n) is 5.34. The maximum Gasteiger partial charge on any atom is 0.152 e. The van der Waals surface area contributed by atoms with E-state index in [9.17, 15) is 4.79 Å². The Balaban J connectivity index is 2.36. The minimum absolute atomic E-state index is 0.00111. The van der Waals surface area contributed by atoms with Gasteiger partial charge in [-0.2, -0.15) is 0 Å². The van der Waals surface area contributed by atoms with Crippen LogP contribution in [0.25, 0.3) is 0 Å². The zero-order valence-corrected chi connectivity index (χ0v) is 11.4. The van der Waals surface area contributed by atoms with Crippen molar-refractivity contribution in [1.82, 2.24) is 0 Å². The van der Waals surface area contributed by atoms with Gasteiger partial charge in [-0.05, 0) is 39.3 Å². The van der Waals surface area contributed by atoms with E-state index in [0.717, 1.165) is 17.9 Å². The molecule has 3 nitrogen and oxygen atoms in total. The van der Waals surface area contributed by atoms with E-state index in [0.29, 0.717) is 25.4 Å². The number of para-hydroxylation sites is 2. The quantitative estimate of drug-likeness (QED) is 0.822. The van der Waals surface area contributed by atoms with Crippen LogP contribution >= 0.6 is 0 Å². The molecular formula is C15H21NO2. The average Bonchev–Trinajstić information content (AvgIpc) is 2.34. The molecule has 2 rings (SSSR count). The van der Waals surface area contributed by atoms with Crippen LogP contribution in [0, 0.1) is 0 Å². The molecule has 1 aromatic carbocycles. The van der Waals surface area contributed by atoms with Crippen LogP contribution in [0.2, 0.25) is 0 Å². The molecule has 1 saturated heterocycles. The second-order valence-corrected chi connectivity index (χ2v) is 5.34. The normalized spacial score (nSPS) is 18.8. The third-order valence-corrected chi connectivity index (χ3v) is 3.54. The summed E-state index contributed by atoms with van der Waals surface area (Å²) in [6.45, 7) is 7.46. The van der Waals surface area contributed by atoms with Crippen LogP contribution < -0.4 is 9.64 Å². The Labute approximate surface area is 109 Å². The van der Waals surface area contributed by atoms with Gasteiger partial charge in [0.05, 0.1) is 18.8 Å². The molecule has 1 fully saturated rings. The molecule has 0 aliphatic carbocycles. The van der Waals surface area contributed by atoms with Crippen molar-refractivity contribution in [3.8, 4) is 5.75 Å². The molecule has 0 spiro atoms. The Morgan fingerprint density at radius 3 is 2.78 bits per heavy atom. The Morgan fingerprint density at radius 2 is 2.06 bits per heavy atom. The van der Waals surface area contributed by atoms with E-state index >= 15 is 0 Å². The highest BCUT2D eigenvalue weighted by Gasteiger charge is 2.34. The van der Waals surface area contributed by atoms with Crippen molar-refractivity contribution in [2.24, 2.45) is 0 Å². The fraction of sp³-hybridized carbons (Fsp3) is 0.533. The number of benzene rings is 1. The maximum absolute atomic E-state index is 11.7. The monoisotopic (exact) mass is 247 g/mol. The highest BCUT2D eigenvalue weighted by Crippen LogP contribution is 2.36. The van der Waals surface area contributed by atoms with Crippen molar-refractivity contribution < 1.29 is 9.53 Å². The van der Waals surface area contributed by atoms with Crippen LogP contribution in [0.4, 0.5) is 5.69 Å². The van der Waals surface area contributed by atoms with Gasteiger partial charge in [-0.15, -0.1) is 0 Å². The zero-order valence-electron chi connectivity index (χ0n) is 11.4. The molecule has 0 saturated carbocycles. The lowest BCUT2D eigenvalue weighted by Gasteiger charge is -2.43. The van der Waals surface area contributed by atoms with Gasteiger partial charge in [-0.25, -0.2) is 0 Å². The van der Waals surface area contributed by atoms with E-state index in [1.54, 1.807) is 0 Å². The summed E-state index contributed by atoms with van der Waals surface area (Å²) >= 11 is 0. The smallest absolute Gasteiger partial charge is 0.152 e. The number of carbonyl (C=O) groups is 1. The Hall–Kier alpha value is -1.51. The average molecular weight is 247 g/mol. The van der Waals surface area contributed by atoms with Gasteiger partial charge < -0.3 is 9.64 Å². The van der Waals surface area contributed by atoms with E-state index in [1.165, 1.54) is 0 Å². The summed E-state index contributed by atoms with van der Waals surface area (Å²) in [4.78, 5) is 13.9. The topological polar surface area (TPSA) is 29.5 Å². The first-order chi connectivity index (χ1) is 8.54. The molecule has 1 aliphatic heterocycles. The molecule has 0 unspecified atom stereocenters. The molecule has 0 radical (unpaired) electrons. The minimum atomic E-state index is 0.00111. The van der Waals surface area contributed by atoms with Crippen molar-refractivity contribution in [2.75, 3.05) is 18.1 Å². The van der Waals surface area contributed by atoms with Gasteiger partial charge in [0, 0.05) is 12.0 Å². The standard InChI is InChI=1S/C15H21NO2/c1-4-18-14-8-6-5-7-13(14)16-11-12(17)9-10-15(16,2)3/h5-8H,4,9-11H2,1-3H3. The first-order valence-corrected chi connectivity index (χ1v) is 6.56. The van der Waals surface area contributed by atoms with Crippen molar-refractivity contribution in [2.45, 2.75) is 39.2 Å². The molecule has 1 heterocycles. The molecular weight excluding hydrogens is 226 g/mol. The number of rotatable bonds is 3. The van der Waals surface area contributed by atoms with E-state index in [1.807, 2.05) is 31.2 Å². The van der Waals surface area contributed by atoms with Crippen LogP contribution in [-0.2, 0) is 4.79 Å². The van der Waals surface area contributed by atoms with E-state index in [4.69, 9.17) is 4.74 Å². The predicted octanol–water partition coefficient (Wildman–Crippen LogP) is 3.03. The lowest BCUT2D eigenvalue weighted by atomic mass is 9.89. The van der Waals surface area contributed by atoms with Crippen LogP contribution in [0.3, 0.4) is 0 Å². The first-order valence-electron chi connectivity index (χ1n) is 6.56. The maximum atomic E-state index is 11.7. The summed E-state index contributed by atoms with van der Waals surface area (Å²) in [6.07, 6.45) is 1.58. The third kappa shape index (κ3) is 2.50. The molecule has 3 heteroatoms. The number of Topliss-reactive ketones (excluding diaryl/α,β-unsaturated/α-hetero) is 1. The summed E-state index contributed by atoms with van der Waals surface area (Å²) < 4.78 is 5.67. The molecule has 0 amide bonds. The highest BCUT2D eigenvalue weighted by molar-refractivity contribution is 5.86. The number of hydrogen-bond donors (Lipinski definition) is 0. The fourth-order valence-electron chi connectivity index (χ4n) is 2.42. The lowest BCUT2D eigenvalue weighted by Crippen LogP contribution is -2.51. The van der Waals surface area contributed by atoms with E-state index in [-0.39, 0.29) is 5.54 Å². The van der Waals surface area contributed by atoms with Crippen LogP contribution in [-0.4, -0.2) is 24.5 Å². The Kier molecular flexibility index (Phi) is 3.60. The fourth-order valence-corrected chi connectivity index (χ4v) is 2.42. The summed E-state index contributed by atoms with van der Waals surface area (Å²) in [5.74, 6) is 1.17. The molecule has 18 heavy (non-hydrogen) atoms. The van der Waals surface area contributed by atoms with Gasteiger partial charge in [-0.3, -0.25) is 4.79 Å². The number of ether oxygens (including phenoxy) is 1. The minimum Gasteiger partial charge on any atom is -0.492 e. The van der Waals surface area contributed by atoms with Gasteiger partial charge in [0.15, 0.2) is 5.78 Å². The molecule has 98 valence electrons. The van der Waals surface area contributed by atoms with Crippen LogP contribution in [0.15, 0.2) is 24.3 Å². The molecule has 0 N–H and O–H groups in total. The highest BCUT2D eigenvalue weighted by atomic mass is 16.5. The number of nitrogens with zero attached hydrogens (tertiary/aromatic N) is 1. The van der Waals surface area contributed by atoms with Crippen molar-refractivity contribution in [3.63, 3.8) is 0 Å². The number of carbonyl (C=O) groups excluding carboxylic acids is 1. The van der Waals surface area contributed by atoms with Gasteiger partial charge in [-0.1, -0.05) is 12.1 Å². The van der Waals surface area contributed by atoms with Crippen LogP contribution in [0.5, 0.6) is 5.75 Å². The molecule has 0 aromatic heterocycles. The summed E-state index contributed by atoms with van der Waals surface area (Å²) in [7, 11) is 0. The van der Waals surface area contributed by atoms with E-state index in [2.05, 4.69) is 18.7 Å².